The summed E-state index contributed by atoms with van der Waals surface area (Å²) in [5, 5.41) is 9.38. The number of carboxylic acids is 1. The Labute approximate surface area is 119 Å². The molecule has 1 aliphatic carbocycles. The highest BCUT2D eigenvalue weighted by molar-refractivity contribution is 6.30. The molecule has 1 aromatic carbocycles. The third kappa shape index (κ3) is 4.39. The van der Waals surface area contributed by atoms with E-state index in [4.69, 9.17) is 16.7 Å². The Bertz CT molecular complexity index is 442. The predicted octanol–water partition coefficient (Wildman–Crippen LogP) is 4.64. The van der Waals surface area contributed by atoms with Crippen molar-refractivity contribution in [3.8, 4) is 0 Å². The van der Waals surface area contributed by atoms with Gasteiger partial charge in [-0.3, -0.25) is 4.79 Å². The van der Waals surface area contributed by atoms with Crippen molar-refractivity contribution in [1.29, 1.82) is 0 Å². The molecular formula is C16H19ClO2. The first-order valence-corrected chi connectivity index (χ1v) is 7.17. The number of allylic oxidation sites excluding steroid dienone is 1. The fourth-order valence-electron chi connectivity index (χ4n) is 2.74. The van der Waals surface area contributed by atoms with Crippen molar-refractivity contribution < 1.29 is 9.90 Å². The summed E-state index contributed by atoms with van der Waals surface area (Å²) in [5.74, 6) is 0.412. The van der Waals surface area contributed by atoms with Crippen molar-refractivity contribution in [2.24, 2.45) is 5.92 Å². The van der Waals surface area contributed by atoms with E-state index >= 15 is 0 Å². The Morgan fingerprint density at radius 2 is 1.84 bits per heavy atom. The second-order valence-corrected chi connectivity index (χ2v) is 5.63. The lowest BCUT2D eigenvalue weighted by atomic mass is 9.78. The SMILES string of the molecule is O=C(O)CC=CC1CCC(c2ccc(Cl)cc2)CC1. The monoisotopic (exact) mass is 278 g/mol. The van der Waals surface area contributed by atoms with Crippen molar-refractivity contribution in [1.82, 2.24) is 0 Å². The predicted molar refractivity (Wildman–Crippen MR) is 77.5 cm³/mol. The molecule has 2 nitrogen and oxygen atoms in total. The van der Waals surface area contributed by atoms with Crippen molar-refractivity contribution in [3.05, 3.63) is 47.0 Å². The van der Waals surface area contributed by atoms with Gasteiger partial charge in [0.15, 0.2) is 0 Å². The molecule has 0 amide bonds. The van der Waals surface area contributed by atoms with Gasteiger partial charge in [-0.2, -0.15) is 0 Å². The number of aliphatic carboxylic acids is 1. The normalized spacial score (nSPS) is 23.6. The highest BCUT2D eigenvalue weighted by Gasteiger charge is 2.20. The van der Waals surface area contributed by atoms with E-state index in [0.717, 1.165) is 17.9 Å². The summed E-state index contributed by atoms with van der Waals surface area (Å²) in [7, 11) is 0. The van der Waals surface area contributed by atoms with Gasteiger partial charge in [0.1, 0.15) is 0 Å². The van der Waals surface area contributed by atoms with Crippen LogP contribution in [0.15, 0.2) is 36.4 Å². The molecule has 1 aliphatic rings. The first kappa shape index (κ1) is 14.1. The fourth-order valence-corrected chi connectivity index (χ4v) is 2.87. The maximum atomic E-state index is 10.4. The number of hydrogen-bond acceptors (Lipinski definition) is 1. The van der Waals surface area contributed by atoms with Gasteiger partial charge >= 0.3 is 5.97 Å². The number of halogens is 1. The number of benzene rings is 1. The highest BCUT2D eigenvalue weighted by Crippen LogP contribution is 2.36. The van der Waals surface area contributed by atoms with Crippen LogP contribution in [0.3, 0.4) is 0 Å². The molecule has 0 saturated heterocycles. The topological polar surface area (TPSA) is 37.3 Å². The van der Waals surface area contributed by atoms with Gasteiger partial charge in [-0.15, -0.1) is 0 Å². The standard InChI is InChI=1S/C16H19ClO2/c17-15-10-8-14(9-11-15)13-6-4-12(5-7-13)2-1-3-16(18)19/h1-2,8-13H,3-7H2,(H,18,19). The largest absolute Gasteiger partial charge is 0.481 e. The molecule has 1 fully saturated rings. The molecule has 102 valence electrons. The average Bonchev–Trinajstić information content (AvgIpc) is 2.40. The Hall–Kier alpha value is -1.28. The number of rotatable bonds is 4. The molecule has 0 spiro atoms. The van der Waals surface area contributed by atoms with E-state index in [-0.39, 0.29) is 6.42 Å². The zero-order valence-corrected chi connectivity index (χ0v) is 11.6. The second kappa shape index (κ2) is 6.76. The van der Waals surface area contributed by atoms with Crippen molar-refractivity contribution in [2.45, 2.75) is 38.0 Å². The van der Waals surface area contributed by atoms with Gasteiger partial charge in [0.05, 0.1) is 6.42 Å². The van der Waals surface area contributed by atoms with Crippen molar-refractivity contribution >= 4 is 17.6 Å². The van der Waals surface area contributed by atoms with Gasteiger partial charge in [-0.25, -0.2) is 0 Å². The molecule has 2 rings (SSSR count). The van der Waals surface area contributed by atoms with Gasteiger partial charge in [0, 0.05) is 5.02 Å². The molecule has 0 bridgehead atoms. The first-order valence-electron chi connectivity index (χ1n) is 6.79. The Kier molecular flexibility index (Phi) is 5.03. The smallest absolute Gasteiger partial charge is 0.307 e. The van der Waals surface area contributed by atoms with Crippen LogP contribution in [0.4, 0.5) is 0 Å². The van der Waals surface area contributed by atoms with Gasteiger partial charge in [0.25, 0.3) is 0 Å². The summed E-state index contributed by atoms with van der Waals surface area (Å²) in [6.45, 7) is 0. The second-order valence-electron chi connectivity index (χ2n) is 5.19. The van der Waals surface area contributed by atoms with Crippen LogP contribution < -0.4 is 0 Å². The molecule has 1 aromatic rings. The van der Waals surface area contributed by atoms with Crippen LogP contribution in [0.25, 0.3) is 0 Å². The minimum absolute atomic E-state index is 0.136. The first-order chi connectivity index (χ1) is 9.15. The fraction of sp³-hybridized carbons (Fsp3) is 0.438. The van der Waals surface area contributed by atoms with Crippen molar-refractivity contribution in [3.63, 3.8) is 0 Å². The number of hydrogen-bond donors (Lipinski definition) is 1. The van der Waals surface area contributed by atoms with E-state index in [1.807, 2.05) is 12.1 Å². The molecule has 19 heavy (non-hydrogen) atoms. The summed E-state index contributed by atoms with van der Waals surface area (Å²) < 4.78 is 0. The molecule has 0 aliphatic heterocycles. The van der Waals surface area contributed by atoms with Crippen LogP contribution in [0, 0.1) is 5.92 Å². The maximum absolute atomic E-state index is 10.4. The van der Waals surface area contributed by atoms with Gasteiger partial charge in [-0.1, -0.05) is 35.9 Å². The molecule has 0 aromatic heterocycles. The number of carboxylic acid groups (broad SMARTS) is 1. The zero-order valence-electron chi connectivity index (χ0n) is 10.9. The van der Waals surface area contributed by atoms with Gasteiger partial charge in [-0.05, 0) is 55.2 Å². The van der Waals surface area contributed by atoms with Crippen LogP contribution in [-0.2, 0) is 4.79 Å². The van der Waals surface area contributed by atoms with Crippen LogP contribution in [0.2, 0.25) is 5.02 Å². The number of carbonyl (C=O) groups is 1. The van der Waals surface area contributed by atoms with Crippen LogP contribution in [0.1, 0.15) is 43.6 Å². The van der Waals surface area contributed by atoms with Gasteiger partial charge in [0.2, 0.25) is 0 Å². The van der Waals surface area contributed by atoms with Crippen LogP contribution in [-0.4, -0.2) is 11.1 Å². The van der Waals surface area contributed by atoms with Crippen LogP contribution in [0.5, 0.6) is 0 Å². The Balaban J connectivity index is 1.83. The quantitative estimate of drug-likeness (QED) is 0.814. The Morgan fingerprint density at radius 3 is 2.42 bits per heavy atom. The van der Waals surface area contributed by atoms with E-state index in [1.54, 1.807) is 6.08 Å². The van der Waals surface area contributed by atoms with Gasteiger partial charge < -0.3 is 5.11 Å². The minimum Gasteiger partial charge on any atom is -0.481 e. The summed E-state index contributed by atoms with van der Waals surface area (Å²) in [5.41, 5.74) is 1.37. The Morgan fingerprint density at radius 1 is 1.21 bits per heavy atom. The average molecular weight is 279 g/mol. The maximum Gasteiger partial charge on any atom is 0.307 e. The lowest BCUT2D eigenvalue weighted by Crippen LogP contribution is -2.11. The molecule has 1 saturated carbocycles. The van der Waals surface area contributed by atoms with E-state index in [9.17, 15) is 4.79 Å². The minimum atomic E-state index is -0.758. The summed E-state index contributed by atoms with van der Waals surface area (Å²) in [6.07, 6.45) is 8.62. The third-order valence-electron chi connectivity index (χ3n) is 3.81. The molecule has 3 heteroatoms. The van der Waals surface area contributed by atoms with Crippen LogP contribution >= 0.6 is 11.6 Å². The third-order valence-corrected chi connectivity index (χ3v) is 4.07. The molecule has 0 radical (unpaired) electrons. The highest BCUT2D eigenvalue weighted by atomic mass is 35.5. The van der Waals surface area contributed by atoms with E-state index in [1.165, 1.54) is 18.4 Å². The summed E-state index contributed by atoms with van der Waals surface area (Å²) in [4.78, 5) is 10.4. The lowest BCUT2D eigenvalue weighted by molar-refractivity contribution is -0.136. The van der Waals surface area contributed by atoms with E-state index < -0.39 is 5.97 Å². The van der Waals surface area contributed by atoms with E-state index in [2.05, 4.69) is 18.2 Å². The summed E-state index contributed by atoms with van der Waals surface area (Å²) in [6, 6.07) is 8.15. The molecule has 0 heterocycles. The van der Waals surface area contributed by atoms with Crippen molar-refractivity contribution in [2.75, 3.05) is 0 Å². The zero-order chi connectivity index (χ0) is 13.7. The van der Waals surface area contributed by atoms with E-state index in [0.29, 0.717) is 11.8 Å². The molecular weight excluding hydrogens is 260 g/mol. The lowest BCUT2D eigenvalue weighted by Gasteiger charge is -2.27. The summed E-state index contributed by atoms with van der Waals surface area (Å²) >= 11 is 5.90. The molecule has 0 unspecified atom stereocenters. The molecule has 0 atom stereocenters. The molecule has 1 N–H and O–H groups in total.